The highest BCUT2D eigenvalue weighted by Gasteiger charge is 2.14. The maximum Gasteiger partial charge on any atom is 0.0300 e. The fourth-order valence-corrected chi connectivity index (χ4v) is 3.48. The molecule has 0 radical (unpaired) electrons. The van der Waals surface area contributed by atoms with Gasteiger partial charge in [-0.05, 0) is 50.8 Å². The molecule has 0 saturated carbocycles. The third kappa shape index (κ3) is 6.94. The zero-order valence-corrected chi connectivity index (χ0v) is 15.8. The lowest BCUT2D eigenvalue weighted by Crippen LogP contribution is -2.33. The lowest BCUT2D eigenvalue weighted by Gasteiger charge is -2.28. The monoisotopic (exact) mass is 310 g/mol. The van der Waals surface area contributed by atoms with E-state index >= 15 is 0 Å². The highest BCUT2D eigenvalue weighted by Crippen LogP contribution is 2.24. The molecule has 0 aliphatic heterocycles. The molecule has 0 atom stereocenters. The minimum atomic E-state index is 0.606. The largest absolute Gasteiger partial charge is 0.312 e. The summed E-state index contributed by atoms with van der Waals surface area (Å²) in [6.07, 6.45) is 0. The predicted molar refractivity (Wildman–Crippen MR) is 96.0 cm³/mol. The molecule has 0 fully saturated rings. The number of thiophene rings is 1. The van der Waals surface area contributed by atoms with Crippen LogP contribution in [0, 0.1) is 18.8 Å². The molecule has 2 nitrogen and oxygen atoms in total. The molecule has 122 valence electrons. The van der Waals surface area contributed by atoms with Crippen LogP contribution in [0.5, 0.6) is 0 Å². The minimum absolute atomic E-state index is 0.606. The topological polar surface area (TPSA) is 15.3 Å². The van der Waals surface area contributed by atoms with Crippen molar-refractivity contribution in [1.29, 1.82) is 0 Å². The van der Waals surface area contributed by atoms with Gasteiger partial charge < -0.3 is 5.32 Å². The van der Waals surface area contributed by atoms with Crippen molar-refractivity contribution >= 4 is 11.3 Å². The Kier molecular flexibility index (Phi) is 7.93. The summed E-state index contributed by atoms with van der Waals surface area (Å²) < 4.78 is 0. The molecule has 1 rings (SSSR count). The van der Waals surface area contributed by atoms with E-state index in [-0.39, 0.29) is 0 Å². The van der Waals surface area contributed by atoms with E-state index in [1.54, 1.807) is 0 Å². The Morgan fingerprint density at radius 3 is 2.29 bits per heavy atom. The van der Waals surface area contributed by atoms with Crippen molar-refractivity contribution in [1.82, 2.24) is 10.2 Å². The van der Waals surface area contributed by atoms with Gasteiger partial charge in [0.05, 0.1) is 0 Å². The molecule has 0 spiro atoms. The minimum Gasteiger partial charge on any atom is -0.312 e. The Hall–Kier alpha value is -0.380. The molecule has 3 heteroatoms. The smallest absolute Gasteiger partial charge is 0.0300 e. The van der Waals surface area contributed by atoms with E-state index in [1.807, 2.05) is 11.3 Å². The van der Waals surface area contributed by atoms with Crippen LogP contribution in [0.25, 0.3) is 0 Å². The molecule has 0 unspecified atom stereocenters. The molecule has 0 aliphatic carbocycles. The molecule has 0 aromatic carbocycles. The van der Waals surface area contributed by atoms with E-state index in [1.165, 1.54) is 21.9 Å². The van der Waals surface area contributed by atoms with Gasteiger partial charge in [-0.1, -0.05) is 27.7 Å². The van der Waals surface area contributed by atoms with Crippen LogP contribution in [0.4, 0.5) is 0 Å². The van der Waals surface area contributed by atoms with Crippen molar-refractivity contribution in [2.45, 2.75) is 67.6 Å². The summed E-state index contributed by atoms with van der Waals surface area (Å²) in [6.45, 7) is 20.3. The molecule has 0 saturated heterocycles. The van der Waals surface area contributed by atoms with Gasteiger partial charge in [-0.25, -0.2) is 0 Å². The first kappa shape index (κ1) is 18.7. The first-order chi connectivity index (χ1) is 9.79. The number of nitrogens with one attached hydrogen (secondary N) is 1. The van der Waals surface area contributed by atoms with Crippen LogP contribution >= 0.6 is 11.3 Å². The summed E-state index contributed by atoms with van der Waals surface area (Å²) in [5, 5.41) is 3.55. The van der Waals surface area contributed by atoms with Gasteiger partial charge >= 0.3 is 0 Å². The second-order valence-electron chi connectivity index (χ2n) is 7.24. The molecular formula is C18H34N2S. The Morgan fingerprint density at radius 1 is 1.10 bits per heavy atom. The fraction of sp³-hybridized carbons (Fsp3) is 0.778. The molecule has 1 aromatic heterocycles. The summed E-state index contributed by atoms with van der Waals surface area (Å²) in [7, 11) is 0. The van der Waals surface area contributed by atoms with Gasteiger partial charge in [0, 0.05) is 35.4 Å². The van der Waals surface area contributed by atoms with Crippen LogP contribution in [0.2, 0.25) is 0 Å². The molecule has 21 heavy (non-hydrogen) atoms. The SMILES string of the molecule is Cc1sc(CNCC(C)C)cc1CN(CC(C)C)C(C)C. The maximum atomic E-state index is 3.55. The summed E-state index contributed by atoms with van der Waals surface area (Å²) in [5.74, 6) is 1.44. The van der Waals surface area contributed by atoms with Crippen molar-refractivity contribution in [3.05, 3.63) is 21.4 Å². The molecule has 1 aromatic rings. The zero-order chi connectivity index (χ0) is 16.0. The van der Waals surface area contributed by atoms with Crippen molar-refractivity contribution in [2.75, 3.05) is 13.1 Å². The number of hydrogen-bond acceptors (Lipinski definition) is 3. The van der Waals surface area contributed by atoms with E-state index in [4.69, 9.17) is 0 Å². The van der Waals surface area contributed by atoms with E-state index < -0.39 is 0 Å². The number of rotatable bonds is 9. The Morgan fingerprint density at radius 2 is 1.76 bits per heavy atom. The second kappa shape index (κ2) is 8.92. The fourth-order valence-electron chi connectivity index (χ4n) is 2.46. The molecule has 0 amide bonds. The lowest BCUT2D eigenvalue weighted by atomic mass is 10.1. The highest BCUT2D eigenvalue weighted by atomic mass is 32.1. The second-order valence-corrected chi connectivity index (χ2v) is 8.58. The normalized spacial score (nSPS) is 12.3. The summed E-state index contributed by atoms with van der Waals surface area (Å²) >= 11 is 1.95. The summed E-state index contributed by atoms with van der Waals surface area (Å²) in [5.41, 5.74) is 1.51. The summed E-state index contributed by atoms with van der Waals surface area (Å²) in [4.78, 5) is 5.53. The van der Waals surface area contributed by atoms with E-state index in [9.17, 15) is 0 Å². The summed E-state index contributed by atoms with van der Waals surface area (Å²) in [6, 6.07) is 3.01. The Bertz CT molecular complexity index is 407. The Labute approximate surface area is 135 Å². The van der Waals surface area contributed by atoms with Crippen molar-refractivity contribution in [3.63, 3.8) is 0 Å². The predicted octanol–water partition coefficient (Wildman–Crippen LogP) is 4.67. The molecule has 1 N–H and O–H groups in total. The van der Waals surface area contributed by atoms with Gasteiger partial charge in [0.2, 0.25) is 0 Å². The van der Waals surface area contributed by atoms with Crippen LogP contribution in [0.15, 0.2) is 6.07 Å². The van der Waals surface area contributed by atoms with E-state index in [0.717, 1.165) is 25.6 Å². The maximum absolute atomic E-state index is 3.55. The average molecular weight is 311 g/mol. The third-order valence-electron chi connectivity index (χ3n) is 3.63. The van der Waals surface area contributed by atoms with Crippen molar-refractivity contribution in [2.24, 2.45) is 11.8 Å². The van der Waals surface area contributed by atoms with E-state index in [0.29, 0.717) is 12.0 Å². The molecule has 1 heterocycles. The average Bonchev–Trinajstić information content (AvgIpc) is 2.68. The quantitative estimate of drug-likeness (QED) is 0.713. The standard InChI is InChI=1S/C18H34N2S/c1-13(2)9-19-10-18-8-17(16(7)21-18)12-20(15(5)6)11-14(3)4/h8,13-15,19H,9-12H2,1-7H3. The Balaban J connectivity index is 2.63. The number of aryl methyl sites for hydroxylation is 1. The molecule has 0 bridgehead atoms. The van der Waals surface area contributed by atoms with Crippen molar-refractivity contribution in [3.8, 4) is 0 Å². The molecule has 0 aliphatic rings. The van der Waals surface area contributed by atoms with Crippen LogP contribution in [-0.2, 0) is 13.1 Å². The van der Waals surface area contributed by atoms with Gasteiger partial charge in [0.1, 0.15) is 0 Å². The van der Waals surface area contributed by atoms with Gasteiger partial charge in [-0.15, -0.1) is 11.3 Å². The first-order valence-corrected chi connectivity index (χ1v) is 9.14. The van der Waals surface area contributed by atoms with Gasteiger partial charge in [-0.3, -0.25) is 4.90 Å². The lowest BCUT2D eigenvalue weighted by molar-refractivity contribution is 0.189. The van der Waals surface area contributed by atoms with Gasteiger partial charge in [0.25, 0.3) is 0 Å². The van der Waals surface area contributed by atoms with Crippen LogP contribution in [0.3, 0.4) is 0 Å². The van der Waals surface area contributed by atoms with Gasteiger partial charge in [-0.2, -0.15) is 0 Å². The van der Waals surface area contributed by atoms with Gasteiger partial charge in [0.15, 0.2) is 0 Å². The third-order valence-corrected chi connectivity index (χ3v) is 4.72. The van der Waals surface area contributed by atoms with Crippen molar-refractivity contribution < 1.29 is 0 Å². The number of nitrogens with zero attached hydrogens (tertiary/aromatic N) is 1. The highest BCUT2D eigenvalue weighted by molar-refractivity contribution is 7.12. The first-order valence-electron chi connectivity index (χ1n) is 8.32. The molecular weight excluding hydrogens is 276 g/mol. The van der Waals surface area contributed by atoms with E-state index in [2.05, 4.69) is 64.7 Å². The van der Waals surface area contributed by atoms with Crippen LogP contribution < -0.4 is 5.32 Å². The van der Waals surface area contributed by atoms with Crippen LogP contribution in [0.1, 0.15) is 56.9 Å². The number of hydrogen-bond donors (Lipinski definition) is 1. The van der Waals surface area contributed by atoms with Crippen LogP contribution in [-0.4, -0.2) is 24.0 Å². The zero-order valence-electron chi connectivity index (χ0n) is 15.0.